The first kappa shape index (κ1) is 16.2. The molecule has 0 atom stereocenters. The summed E-state index contributed by atoms with van der Waals surface area (Å²) in [6.07, 6.45) is 3.87. The molecule has 0 radical (unpaired) electrons. The standard InChI is InChI=1S/C15H28N2O2/c1-14(2,11-16)7-5-6-8-17-12(18)9-15(3,4)10-13(17)19/h5-11,16H2,1-4H3. The fourth-order valence-electron chi connectivity index (χ4n) is 2.44. The molecular formula is C15H28N2O2. The second-order valence-electron chi connectivity index (χ2n) is 7.28. The molecule has 19 heavy (non-hydrogen) atoms. The fourth-order valence-corrected chi connectivity index (χ4v) is 2.44. The van der Waals surface area contributed by atoms with Crippen LogP contribution in [-0.4, -0.2) is 29.8 Å². The van der Waals surface area contributed by atoms with Crippen LogP contribution in [0.15, 0.2) is 0 Å². The van der Waals surface area contributed by atoms with Gasteiger partial charge in [0.15, 0.2) is 0 Å². The number of nitrogens with two attached hydrogens (primary N) is 1. The molecule has 0 bridgehead atoms. The molecule has 0 aromatic rings. The van der Waals surface area contributed by atoms with Crippen LogP contribution in [-0.2, 0) is 9.59 Å². The molecule has 0 aliphatic carbocycles. The number of imide groups is 1. The third-order valence-electron chi connectivity index (χ3n) is 3.90. The van der Waals surface area contributed by atoms with Gasteiger partial charge in [0.05, 0.1) is 0 Å². The van der Waals surface area contributed by atoms with E-state index >= 15 is 0 Å². The van der Waals surface area contributed by atoms with Gasteiger partial charge in [0.1, 0.15) is 0 Å². The Bertz CT molecular complexity index is 328. The molecule has 1 aliphatic rings. The van der Waals surface area contributed by atoms with Gasteiger partial charge in [0, 0.05) is 19.4 Å². The predicted octanol–water partition coefficient (Wildman–Crippen LogP) is 2.32. The summed E-state index contributed by atoms with van der Waals surface area (Å²) in [7, 11) is 0. The Balaban J connectivity index is 2.38. The summed E-state index contributed by atoms with van der Waals surface area (Å²) in [5.74, 6) is -0.0290. The summed E-state index contributed by atoms with van der Waals surface area (Å²) in [4.78, 5) is 25.4. The highest BCUT2D eigenvalue weighted by Gasteiger charge is 2.36. The number of piperidine rings is 1. The summed E-state index contributed by atoms with van der Waals surface area (Å²) in [5.41, 5.74) is 5.66. The quantitative estimate of drug-likeness (QED) is 0.594. The van der Waals surface area contributed by atoms with Gasteiger partial charge in [-0.3, -0.25) is 14.5 Å². The van der Waals surface area contributed by atoms with Gasteiger partial charge in [0.2, 0.25) is 11.8 Å². The van der Waals surface area contributed by atoms with E-state index in [-0.39, 0.29) is 22.6 Å². The van der Waals surface area contributed by atoms with Crippen LogP contribution in [0.1, 0.15) is 59.8 Å². The van der Waals surface area contributed by atoms with Crippen LogP contribution in [0.5, 0.6) is 0 Å². The van der Waals surface area contributed by atoms with Gasteiger partial charge in [-0.1, -0.05) is 34.1 Å². The third-order valence-corrected chi connectivity index (χ3v) is 3.90. The van der Waals surface area contributed by atoms with Gasteiger partial charge in [-0.25, -0.2) is 0 Å². The van der Waals surface area contributed by atoms with Crippen LogP contribution in [0.25, 0.3) is 0 Å². The Morgan fingerprint density at radius 2 is 1.68 bits per heavy atom. The van der Waals surface area contributed by atoms with Crippen molar-refractivity contribution in [3.8, 4) is 0 Å². The van der Waals surface area contributed by atoms with Crippen molar-refractivity contribution in [2.45, 2.75) is 59.8 Å². The topological polar surface area (TPSA) is 63.4 Å². The molecule has 1 saturated heterocycles. The number of carbonyl (C=O) groups excluding carboxylic acids is 2. The molecule has 0 aromatic heterocycles. The third kappa shape index (κ3) is 4.94. The molecule has 0 unspecified atom stereocenters. The Kier molecular flexibility index (Phi) is 5.13. The zero-order valence-corrected chi connectivity index (χ0v) is 12.8. The Labute approximate surface area is 116 Å². The van der Waals surface area contributed by atoms with Gasteiger partial charge < -0.3 is 5.73 Å². The van der Waals surface area contributed by atoms with Gasteiger partial charge in [0.25, 0.3) is 0 Å². The number of amides is 2. The monoisotopic (exact) mass is 268 g/mol. The minimum atomic E-state index is -0.174. The highest BCUT2D eigenvalue weighted by atomic mass is 16.2. The molecule has 2 N–H and O–H groups in total. The van der Waals surface area contributed by atoms with Crippen molar-refractivity contribution in [1.29, 1.82) is 0 Å². The Hall–Kier alpha value is -0.900. The number of rotatable bonds is 6. The van der Waals surface area contributed by atoms with Gasteiger partial charge in [-0.2, -0.15) is 0 Å². The van der Waals surface area contributed by atoms with Crippen molar-refractivity contribution < 1.29 is 9.59 Å². The average Bonchev–Trinajstić information content (AvgIpc) is 2.25. The zero-order valence-electron chi connectivity index (χ0n) is 12.8. The molecule has 2 amide bonds. The number of carbonyl (C=O) groups is 2. The molecule has 1 aliphatic heterocycles. The highest BCUT2D eigenvalue weighted by molar-refractivity contribution is 5.98. The van der Waals surface area contributed by atoms with Crippen LogP contribution >= 0.6 is 0 Å². The van der Waals surface area contributed by atoms with E-state index in [1.165, 1.54) is 4.90 Å². The zero-order chi connectivity index (χ0) is 14.7. The highest BCUT2D eigenvalue weighted by Crippen LogP contribution is 2.31. The van der Waals surface area contributed by atoms with E-state index < -0.39 is 0 Å². The van der Waals surface area contributed by atoms with Gasteiger partial charge in [-0.15, -0.1) is 0 Å². The van der Waals surface area contributed by atoms with Crippen LogP contribution in [0.4, 0.5) is 0 Å². The number of hydrogen-bond acceptors (Lipinski definition) is 3. The number of unbranched alkanes of at least 4 members (excludes halogenated alkanes) is 1. The summed E-state index contributed by atoms with van der Waals surface area (Å²) >= 11 is 0. The van der Waals surface area contributed by atoms with Crippen LogP contribution in [0, 0.1) is 10.8 Å². The molecule has 4 heteroatoms. The number of hydrogen-bond donors (Lipinski definition) is 1. The van der Waals surface area contributed by atoms with Gasteiger partial charge in [-0.05, 0) is 30.2 Å². The van der Waals surface area contributed by atoms with Crippen molar-refractivity contribution in [2.75, 3.05) is 13.1 Å². The SMILES string of the molecule is CC(C)(CN)CCCCN1C(=O)CC(C)(C)CC1=O. The van der Waals surface area contributed by atoms with E-state index in [2.05, 4.69) is 13.8 Å². The molecule has 1 fully saturated rings. The van der Waals surface area contributed by atoms with E-state index in [1.807, 2.05) is 13.8 Å². The summed E-state index contributed by atoms with van der Waals surface area (Å²) in [5, 5.41) is 0. The van der Waals surface area contributed by atoms with Crippen molar-refractivity contribution >= 4 is 11.8 Å². The molecule has 1 rings (SSSR count). The predicted molar refractivity (Wildman–Crippen MR) is 76.4 cm³/mol. The van der Waals surface area contributed by atoms with Crippen molar-refractivity contribution in [3.05, 3.63) is 0 Å². The summed E-state index contributed by atoms with van der Waals surface area (Å²) < 4.78 is 0. The first-order valence-corrected chi connectivity index (χ1v) is 7.20. The van der Waals surface area contributed by atoms with Crippen molar-refractivity contribution in [2.24, 2.45) is 16.6 Å². The second kappa shape index (κ2) is 6.04. The average molecular weight is 268 g/mol. The second-order valence-corrected chi connectivity index (χ2v) is 7.28. The Morgan fingerprint density at radius 3 is 2.16 bits per heavy atom. The maximum Gasteiger partial charge on any atom is 0.229 e. The molecule has 1 heterocycles. The van der Waals surface area contributed by atoms with E-state index in [0.717, 1.165) is 19.3 Å². The van der Waals surface area contributed by atoms with E-state index in [9.17, 15) is 9.59 Å². The van der Waals surface area contributed by atoms with Crippen molar-refractivity contribution in [3.63, 3.8) is 0 Å². The van der Waals surface area contributed by atoms with E-state index in [4.69, 9.17) is 5.73 Å². The summed E-state index contributed by atoms with van der Waals surface area (Å²) in [6, 6.07) is 0. The maximum absolute atomic E-state index is 12.0. The molecular weight excluding hydrogens is 240 g/mol. The first-order chi connectivity index (χ1) is 8.67. The normalized spacial score (nSPS) is 19.9. The van der Waals surface area contributed by atoms with Gasteiger partial charge >= 0.3 is 0 Å². The van der Waals surface area contributed by atoms with Crippen LogP contribution < -0.4 is 5.73 Å². The lowest BCUT2D eigenvalue weighted by Gasteiger charge is -2.34. The maximum atomic E-state index is 12.0. The molecule has 0 spiro atoms. The first-order valence-electron chi connectivity index (χ1n) is 7.20. The molecule has 110 valence electrons. The van der Waals surface area contributed by atoms with Crippen LogP contribution in [0.2, 0.25) is 0 Å². The molecule has 4 nitrogen and oxygen atoms in total. The minimum absolute atomic E-state index is 0.0145. The lowest BCUT2D eigenvalue weighted by Crippen LogP contribution is -2.46. The van der Waals surface area contributed by atoms with E-state index in [0.29, 0.717) is 25.9 Å². The minimum Gasteiger partial charge on any atom is -0.330 e. The largest absolute Gasteiger partial charge is 0.330 e. The smallest absolute Gasteiger partial charge is 0.229 e. The summed E-state index contributed by atoms with van der Waals surface area (Å²) in [6.45, 7) is 9.48. The van der Waals surface area contributed by atoms with Crippen molar-refractivity contribution in [1.82, 2.24) is 4.90 Å². The molecule has 0 saturated carbocycles. The van der Waals surface area contributed by atoms with E-state index in [1.54, 1.807) is 0 Å². The lowest BCUT2D eigenvalue weighted by atomic mass is 9.81. The number of likely N-dealkylation sites (tertiary alicyclic amines) is 1. The number of nitrogens with zero attached hydrogens (tertiary/aromatic N) is 1. The Morgan fingerprint density at radius 1 is 1.16 bits per heavy atom. The fraction of sp³-hybridized carbons (Fsp3) is 0.867. The van der Waals surface area contributed by atoms with Crippen LogP contribution in [0.3, 0.4) is 0 Å². The lowest BCUT2D eigenvalue weighted by molar-refractivity contribution is -0.152. The molecule has 0 aromatic carbocycles.